The highest BCUT2D eigenvalue weighted by molar-refractivity contribution is 6.30. The van der Waals surface area contributed by atoms with E-state index in [0.717, 1.165) is 30.0 Å². The van der Waals surface area contributed by atoms with Crippen LogP contribution in [0.5, 0.6) is 0 Å². The Morgan fingerprint density at radius 1 is 1.26 bits per heavy atom. The minimum absolute atomic E-state index is 0.142. The highest BCUT2D eigenvalue weighted by atomic mass is 35.5. The van der Waals surface area contributed by atoms with Crippen molar-refractivity contribution < 1.29 is 4.39 Å². The average molecular weight is 353 g/mol. The summed E-state index contributed by atoms with van der Waals surface area (Å²) >= 11 is 11.9. The minimum atomic E-state index is -0.392. The predicted molar refractivity (Wildman–Crippen MR) is 94.2 cm³/mol. The minimum Gasteiger partial charge on any atom is -0.355 e. The lowest BCUT2D eigenvalue weighted by Crippen LogP contribution is -2.34. The second kappa shape index (κ2) is 5.95. The predicted octanol–water partition coefficient (Wildman–Crippen LogP) is 5.31. The van der Waals surface area contributed by atoms with Gasteiger partial charge in [0.1, 0.15) is 16.8 Å². The fourth-order valence-electron chi connectivity index (χ4n) is 3.32. The summed E-state index contributed by atoms with van der Waals surface area (Å²) in [5.41, 5.74) is 1.63. The lowest BCUT2D eigenvalue weighted by Gasteiger charge is -2.27. The van der Waals surface area contributed by atoms with Crippen LogP contribution < -0.4 is 4.90 Å². The Morgan fingerprint density at radius 2 is 2.00 bits per heavy atom. The van der Waals surface area contributed by atoms with E-state index >= 15 is 0 Å². The highest BCUT2D eigenvalue weighted by Gasteiger charge is 2.41. The van der Waals surface area contributed by atoms with Crippen molar-refractivity contribution in [3.63, 3.8) is 0 Å². The van der Waals surface area contributed by atoms with Crippen molar-refractivity contribution in [2.24, 2.45) is 5.92 Å². The van der Waals surface area contributed by atoms with E-state index in [-0.39, 0.29) is 10.4 Å². The molecule has 0 amide bonds. The number of aromatic nitrogens is 1. The van der Waals surface area contributed by atoms with Crippen molar-refractivity contribution in [3.8, 4) is 0 Å². The molecule has 23 heavy (non-hydrogen) atoms. The number of halogens is 3. The maximum absolute atomic E-state index is 14.0. The van der Waals surface area contributed by atoms with Gasteiger partial charge in [0.05, 0.1) is 5.02 Å². The second-order valence-corrected chi connectivity index (χ2v) is 7.53. The molecule has 2 nitrogen and oxygen atoms in total. The number of pyridine rings is 1. The summed E-state index contributed by atoms with van der Waals surface area (Å²) < 4.78 is 14.0. The largest absolute Gasteiger partial charge is 0.355 e. The standard InChI is InChI=1S/C18H19Cl2FN2/c1-11(2)9-23-10-18(3,12-4-6-14(19)15(21)8-12)13-5-7-16(20)22-17(13)23/h4-8,11H,9-10H2,1-3H3. The SMILES string of the molecule is CC(C)CN1CC(C)(c2ccc(Cl)c(F)c2)c2ccc(Cl)nc21. The molecule has 2 heterocycles. The van der Waals surface area contributed by atoms with Crippen molar-refractivity contribution in [1.29, 1.82) is 0 Å². The normalized spacial score (nSPS) is 20.2. The monoisotopic (exact) mass is 352 g/mol. The lowest BCUT2D eigenvalue weighted by molar-refractivity contribution is 0.547. The zero-order valence-corrected chi connectivity index (χ0v) is 14.9. The molecule has 0 saturated heterocycles. The number of benzene rings is 1. The molecule has 1 aliphatic heterocycles. The van der Waals surface area contributed by atoms with Crippen LogP contribution >= 0.6 is 23.2 Å². The molecule has 1 aromatic heterocycles. The molecule has 122 valence electrons. The molecule has 5 heteroatoms. The molecule has 0 saturated carbocycles. The van der Waals surface area contributed by atoms with E-state index in [0.29, 0.717) is 11.1 Å². The van der Waals surface area contributed by atoms with Gasteiger partial charge in [0.15, 0.2) is 0 Å². The van der Waals surface area contributed by atoms with Gasteiger partial charge in [-0.25, -0.2) is 9.37 Å². The van der Waals surface area contributed by atoms with Gasteiger partial charge >= 0.3 is 0 Å². The summed E-state index contributed by atoms with van der Waals surface area (Å²) in [7, 11) is 0. The topological polar surface area (TPSA) is 16.1 Å². The molecular formula is C18H19Cl2FN2. The van der Waals surface area contributed by atoms with Crippen LogP contribution in [0, 0.1) is 11.7 Å². The van der Waals surface area contributed by atoms with Gasteiger partial charge in [-0.1, -0.05) is 49.2 Å². The van der Waals surface area contributed by atoms with E-state index in [4.69, 9.17) is 23.2 Å². The maximum Gasteiger partial charge on any atom is 0.142 e. The van der Waals surface area contributed by atoms with Crippen LogP contribution in [0.1, 0.15) is 31.9 Å². The summed E-state index contributed by atoms with van der Waals surface area (Å²) in [6, 6.07) is 8.83. The van der Waals surface area contributed by atoms with Crippen molar-refractivity contribution in [2.45, 2.75) is 26.2 Å². The van der Waals surface area contributed by atoms with Crippen LogP contribution in [-0.2, 0) is 5.41 Å². The van der Waals surface area contributed by atoms with Gasteiger partial charge in [-0.3, -0.25) is 0 Å². The number of anilines is 1. The first-order valence-electron chi connectivity index (χ1n) is 7.69. The summed E-state index contributed by atoms with van der Waals surface area (Å²) in [5, 5.41) is 0.618. The molecule has 0 radical (unpaired) electrons. The second-order valence-electron chi connectivity index (χ2n) is 6.74. The van der Waals surface area contributed by atoms with Crippen LogP contribution in [0.2, 0.25) is 10.2 Å². The van der Waals surface area contributed by atoms with Gasteiger partial charge in [-0.05, 0) is 36.6 Å². The number of fused-ring (bicyclic) bond motifs is 1. The summed E-state index contributed by atoms with van der Waals surface area (Å²) in [6.07, 6.45) is 0. The Morgan fingerprint density at radius 3 is 2.65 bits per heavy atom. The van der Waals surface area contributed by atoms with Crippen LogP contribution in [0.15, 0.2) is 30.3 Å². The Labute approximate surface area is 146 Å². The van der Waals surface area contributed by atoms with Crippen molar-refractivity contribution in [3.05, 3.63) is 57.5 Å². The first kappa shape index (κ1) is 16.5. The van der Waals surface area contributed by atoms with E-state index in [9.17, 15) is 4.39 Å². The van der Waals surface area contributed by atoms with Crippen LogP contribution in [0.3, 0.4) is 0 Å². The number of nitrogens with zero attached hydrogens (tertiary/aromatic N) is 2. The molecule has 1 aliphatic rings. The third kappa shape index (κ3) is 2.92. The van der Waals surface area contributed by atoms with Gasteiger partial charge in [0, 0.05) is 24.1 Å². The summed E-state index contributed by atoms with van der Waals surface area (Å²) in [6.45, 7) is 8.08. The van der Waals surface area contributed by atoms with Gasteiger partial charge < -0.3 is 4.90 Å². The van der Waals surface area contributed by atoms with E-state index in [1.54, 1.807) is 12.1 Å². The van der Waals surface area contributed by atoms with E-state index in [1.807, 2.05) is 12.1 Å². The highest BCUT2D eigenvalue weighted by Crippen LogP contribution is 2.45. The van der Waals surface area contributed by atoms with Crippen LogP contribution in [0.25, 0.3) is 0 Å². The first-order chi connectivity index (χ1) is 10.8. The zero-order chi connectivity index (χ0) is 16.8. The molecule has 0 spiro atoms. The van der Waals surface area contributed by atoms with Crippen molar-refractivity contribution in [1.82, 2.24) is 4.98 Å². The number of rotatable bonds is 3. The molecule has 0 N–H and O–H groups in total. The molecule has 1 unspecified atom stereocenters. The maximum atomic E-state index is 14.0. The van der Waals surface area contributed by atoms with Gasteiger partial charge in [0.25, 0.3) is 0 Å². The number of hydrogen-bond acceptors (Lipinski definition) is 2. The zero-order valence-electron chi connectivity index (χ0n) is 13.4. The van der Waals surface area contributed by atoms with E-state index in [2.05, 4.69) is 30.7 Å². The molecule has 2 aromatic rings. The Bertz CT molecular complexity index is 748. The van der Waals surface area contributed by atoms with Crippen LogP contribution in [-0.4, -0.2) is 18.1 Å². The molecular weight excluding hydrogens is 334 g/mol. The van der Waals surface area contributed by atoms with Gasteiger partial charge in [-0.15, -0.1) is 0 Å². The fourth-order valence-corrected chi connectivity index (χ4v) is 3.58. The summed E-state index contributed by atoms with van der Waals surface area (Å²) in [4.78, 5) is 6.76. The Kier molecular flexibility index (Phi) is 4.28. The van der Waals surface area contributed by atoms with E-state index < -0.39 is 5.82 Å². The average Bonchev–Trinajstić information content (AvgIpc) is 2.74. The molecule has 0 bridgehead atoms. The third-order valence-electron chi connectivity index (χ3n) is 4.38. The fraction of sp³-hybridized carbons (Fsp3) is 0.389. The van der Waals surface area contributed by atoms with Crippen molar-refractivity contribution >= 4 is 29.0 Å². The smallest absolute Gasteiger partial charge is 0.142 e. The number of hydrogen-bond donors (Lipinski definition) is 0. The third-order valence-corrected chi connectivity index (χ3v) is 4.90. The van der Waals surface area contributed by atoms with Crippen molar-refractivity contribution in [2.75, 3.05) is 18.0 Å². The van der Waals surface area contributed by atoms with Gasteiger partial charge in [-0.2, -0.15) is 0 Å². The molecule has 0 aliphatic carbocycles. The molecule has 0 fully saturated rings. The summed E-state index contributed by atoms with van der Waals surface area (Å²) in [5.74, 6) is 0.994. The molecule has 3 rings (SSSR count). The van der Waals surface area contributed by atoms with E-state index in [1.165, 1.54) is 6.07 Å². The molecule has 1 aromatic carbocycles. The lowest BCUT2D eigenvalue weighted by atomic mass is 9.78. The first-order valence-corrected chi connectivity index (χ1v) is 8.44. The Hall–Kier alpha value is -1.32. The van der Waals surface area contributed by atoms with Gasteiger partial charge in [0.2, 0.25) is 0 Å². The molecule has 1 atom stereocenters. The quantitative estimate of drug-likeness (QED) is 0.695. The Balaban J connectivity index is 2.11. The van der Waals surface area contributed by atoms with Crippen LogP contribution in [0.4, 0.5) is 10.2 Å².